The summed E-state index contributed by atoms with van der Waals surface area (Å²) in [4.78, 5) is 22.6. The van der Waals surface area contributed by atoms with Gasteiger partial charge in [-0.1, -0.05) is 78.4 Å². The van der Waals surface area contributed by atoms with E-state index in [1.54, 1.807) is 0 Å². The Bertz CT molecular complexity index is 1350. The van der Waals surface area contributed by atoms with E-state index in [9.17, 15) is 4.79 Å². The molecule has 0 bridgehead atoms. The number of thiophene rings is 1. The number of fused-ring (bicyclic) bond motifs is 1. The van der Waals surface area contributed by atoms with Crippen molar-refractivity contribution in [1.29, 1.82) is 0 Å². The number of carbonyl (C=O) groups excluding carboxylic acids is 1. The van der Waals surface area contributed by atoms with Crippen molar-refractivity contribution in [2.24, 2.45) is 4.99 Å². The summed E-state index contributed by atoms with van der Waals surface area (Å²) in [6.45, 7) is 4.51. The molecule has 36 heavy (non-hydrogen) atoms. The summed E-state index contributed by atoms with van der Waals surface area (Å²) < 4.78 is 1.32. The second kappa shape index (κ2) is 11.0. The molecule has 0 atom stereocenters. The topological polar surface area (TPSA) is 35.9 Å². The highest BCUT2D eigenvalue weighted by Crippen LogP contribution is 2.30. The zero-order valence-corrected chi connectivity index (χ0v) is 21.6. The number of carbonyl (C=O) groups is 1. The van der Waals surface area contributed by atoms with Crippen LogP contribution in [-0.4, -0.2) is 42.6 Å². The molecule has 0 spiro atoms. The standard InChI is InChI=1S/C31H31N3OS/c1-23-13-14-30-26(17-23)18-28(36-30)20-34-16-15-29(27(19-34)21-35)32-22-33(2)31(24-9-5-3-6-10-24)25-11-7-4-8-12-25/h3-14,17-18,21-22,31H,15-16,19-20H2,1-2H3. The number of hydrogen-bond acceptors (Lipinski definition) is 4. The van der Waals surface area contributed by atoms with Crippen LogP contribution in [0.5, 0.6) is 0 Å². The van der Waals surface area contributed by atoms with Crippen molar-refractivity contribution in [3.8, 4) is 0 Å². The fraction of sp³-hybridized carbons (Fsp3) is 0.226. The minimum Gasteiger partial charge on any atom is -0.355 e. The molecule has 5 rings (SSSR count). The van der Waals surface area contributed by atoms with Crippen LogP contribution >= 0.6 is 11.3 Å². The summed E-state index contributed by atoms with van der Waals surface area (Å²) >= 11 is 1.84. The number of benzene rings is 3. The number of rotatable bonds is 8. The predicted molar refractivity (Wildman–Crippen MR) is 151 cm³/mol. The molecular weight excluding hydrogens is 462 g/mol. The van der Waals surface area contributed by atoms with Gasteiger partial charge in [0, 0.05) is 48.3 Å². The zero-order valence-electron chi connectivity index (χ0n) is 20.8. The molecule has 0 amide bonds. The Hall–Kier alpha value is -3.54. The number of aliphatic imine (C=N–C) groups is 1. The third-order valence-electron chi connectivity index (χ3n) is 6.71. The van der Waals surface area contributed by atoms with E-state index in [4.69, 9.17) is 4.99 Å². The van der Waals surface area contributed by atoms with E-state index in [0.29, 0.717) is 6.54 Å². The van der Waals surface area contributed by atoms with Crippen LogP contribution in [0.4, 0.5) is 0 Å². The molecule has 5 heteroatoms. The first-order chi connectivity index (χ1) is 17.6. The maximum absolute atomic E-state index is 12.0. The highest BCUT2D eigenvalue weighted by molar-refractivity contribution is 7.19. The van der Waals surface area contributed by atoms with Crippen molar-refractivity contribution in [3.63, 3.8) is 0 Å². The fourth-order valence-corrected chi connectivity index (χ4v) is 5.99. The highest BCUT2D eigenvalue weighted by Gasteiger charge is 2.21. The second-order valence-corrected chi connectivity index (χ2v) is 10.6. The van der Waals surface area contributed by atoms with Gasteiger partial charge in [-0.15, -0.1) is 11.3 Å². The lowest BCUT2D eigenvalue weighted by molar-refractivity contribution is -0.105. The van der Waals surface area contributed by atoms with Crippen LogP contribution in [0.25, 0.3) is 10.1 Å². The molecule has 0 N–H and O–H groups in total. The van der Waals surface area contributed by atoms with E-state index in [1.165, 1.54) is 31.7 Å². The summed E-state index contributed by atoms with van der Waals surface area (Å²) in [6, 6.07) is 29.9. The Kier molecular flexibility index (Phi) is 7.40. The van der Waals surface area contributed by atoms with Crippen LogP contribution in [-0.2, 0) is 11.3 Å². The lowest BCUT2D eigenvalue weighted by atomic mass is 9.98. The average Bonchev–Trinajstić information content (AvgIpc) is 3.30. The van der Waals surface area contributed by atoms with Crippen molar-refractivity contribution in [2.45, 2.75) is 25.9 Å². The Balaban J connectivity index is 1.32. The van der Waals surface area contributed by atoms with Crippen LogP contribution in [0.2, 0.25) is 0 Å². The number of aldehydes is 1. The third kappa shape index (κ3) is 5.48. The SMILES string of the molecule is Cc1ccc2sc(CN3CCC(N=CN(C)C(c4ccccc4)c4ccccc4)=C(C=O)C3)cc2c1. The van der Waals surface area contributed by atoms with Gasteiger partial charge in [0.15, 0.2) is 0 Å². The molecule has 3 aromatic carbocycles. The van der Waals surface area contributed by atoms with Crippen LogP contribution in [0.15, 0.2) is 101 Å². The summed E-state index contributed by atoms with van der Waals surface area (Å²) in [5, 5.41) is 1.30. The summed E-state index contributed by atoms with van der Waals surface area (Å²) in [5.74, 6) is 0. The first kappa shape index (κ1) is 24.2. The van der Waals surface area contributed by atoms with E-state index in [2.05, 4.69) is 89.5 Å². The molecule has 2 heterocycles. The van der Waals surface area contributed by atoms with Gasteiger partial charge in [-0.25, -0.2) is 4.99 Å². The number of hydrogen-bond donors (Lipinski definition) is 0. The monoisotopic (exact) mass is 493 g/mol. The van der Waals surface area contributed by atoms with E-state index in [-0.39, 0.29) is 6.04 Å². The van der Waals surface area contributed by atoms with Crippen molar-refractivity contribution >= 4 is 34.0 Å². The van der Waals surface area contributed by atoms with Gasteiger partial charge >= 0.3 is 0 Å². The van der Waals surface area contributed by atoms with Crippen molar-refractivity contribution < 1.29 is 4.79 Å². The quantitative estimate of drug-likeness (QED) is 0.157. The van der Waals surface area contributed by atoms with Gasteiger partial charge < -0.3 is 4.90 Å². The van der Waals surface area contributed by atoms with Crippen LogP contribution in [0.1, 0.15) is 34.0 Å². The van der Waals surface area contributed by atoms with Gasteiger partial charge in [0.1, 0.15) is 6.29 Å². The number of nitrogens with zero attached hydrogens (tertiary/aromatic N) is 3. The fourth-order valence-electron chi connectivity index (χ4n) is 4.90. The predicted octanol–water partition coefficient (Wildman–Crippen LogP) is 6.62. The van der Waals surface area contributed by atoms with Gasteiger partial charge in [-0.3, -0.25) is 9.69 Å². The third-order valence-corrected chi connectivity index (χ3v) is 7.81. The largest absolute Gasteiger partial charge is 0.355 e. The van der Waals surface area contributed by atoms with Crippen LogP contribution in [0, 0.1) is 6.92 Å². The van der Waals surface area contributed by atoms with E-state index in [0.717, 1.165) is 37.1 Å². The molecule has 1 aliphatic rings. The second-order valence-electron chi connectivity index (χ2n) is 9.44. The lowest BCUT2D eigenvalue weighted by Gasteiger charge is -2.29. The minimum absolute atomic E-state index is 0.0492. The van der Waals surface area contributed by atoms with E-state index >= 15 is 0 Å². The molecule has 1 aliphatic heterocycles. The molecule has 4 nitrogen and oxygen atoms in total. The molecule has 182 valence electrons. The molecule has 0 saturated carbocycles. The molecule has 0 fully saturated rings. The average molecular weight is 494 g/mol. The maximum atomic E-state index is 12.0. The number of aryl methyl sites for hydroxylation is 1. The maximum Gasteiger partial charge on any atom is 0.149 e. The van der Waals surface area contributed by atoms with E-state index in [1.807, 2.05) is 36.9 Å². The smallest absolute Gasteiger partial charge is 0.149 e. The Morgan fingerprint density at radius 2 is 1.69 bits per heavy atom. The lowest BCUT2D eigenvalue weighted by Crippen LogP contribution is -2.31. The van der Waals surface area contributed by atoms with Crippen LogP contribution in [0.3, 0.4) is 0 Å². The molecule has 0 saturated heterocycles. The van der Waals surface area contributed by atoms with Crippen molar-refractivity contribution in [2.75, 3.05) is 20.1 Å². The molecule has 0 unspecified atom stereocenters. The van der Waals surface area contributed by atoms with Gasteiger partial charge in [0.2, 0.25) is 0 Å². The van der Waals surface area contributed by atoms with Gasteiger partial charge in [-0.05, 0) is 35.6 Å². The summed E-state index contributed by atoms with van der Waals surface area (Å²) in [6.07, 6.45) is 3.64. The highest BCUT2D eigenvalue weighted by atomic mass is 32.1. The summed E-state index contributed by atoms with van der Waals surface area (Å²) in [7, 11) is 2.05. The Morgan fingerprint density at radius 3 is 2.36 bits per heavy atom. The molecule has 4 aromatic rings. The summed E-state index contributed by atoms with van der Waals surface area (Å²) in [5.41, 5.74) is 5.36. The van der Waals surface area contributed by atoms with Crippen molar-refractivity contribution in [1.82, 2.24) is 9.80 Å². The van der Waals surface area contributed by atoms with Crippen LogP contribution < -0.4 is 0 Å². The molecular formula is C31H31N3OS. The molecule has 0 aliphatic carbocycles. The first-order valence-corrected chi connectivity index (χ1v) is 13.2. The Labute approximate surface area is 217 Å². The zero-order chi connectivity index (χ0) is 24.9. The van der Waals surface area contributed by atoms with Crippen molar-refractivity contribution in [3.05, 3.63) is 118 Å². The van der Waals surface area contributed by atoms with Gasteiger partial charge in [0.25, 0.3) is 0 Å². The molecule has 0 radical (unpaired) electrons. The molecule has 1 aromatic heterocycles. The first-order valence-electron chi connectivity index (χ1n) is 12.4. The normalized spacial score (nSPS) is 14.8. The van der Waals surface area contributed by atoms with E-state index < -0.39 is 0 Å². The Morgan fingerprint density at radius 1 is 1.00 bits per heavy atom. The van der Waals surface area contributed by atoms with Gasteiger partial charge in [-0.2, -0.15) is 0 Å². The minimum atomic E-state index is 0.0492. The van der Waals surface area contributed by atoms with Gasteiger partial charge in [0.05, 0.1) is 18.1 Å².